The number of ether oxygens (including phenoxy) is 1. The molecule has 8 nitrogen and oxygen atoms in total. The van der Waals surface area contributed by atoms with Crippen LogP contribution in [0.15, 0.2) is 30.9 Å². The molecule has 8 heteroatoms. The minimum Gasteiger partial charge on any atom is -0.495 e. The molecule has 134 valence electrons. The third-order valence-electron chi connectivity index (χ3n) is 4.62. The van der Waals surface area contributed by atoms with Crippen molar-refractivity contribution in [1.82, 2.24) is 24.6 Å². The van der Waals surface area contributed by atoms with Crippen LogP contribution >= 0.6 is 0 Å². The molecule has 1 atom stereocenters. The van der Waals surface area contributed by atoms with Gasteiger partial charge in [-0.2, -0.15) is 0 Å². The molecule has 25 heavy (non-hydrogen) atoms. The Morgan fingerprint density at radius 2 is 1.88 bits per heavy atom. The maximum absolute atomic E-state index is 12.7. The van der Waals surface area contributed by atoms with Gasteiger partial charge in [-0.25, -0.2) is 0 Å². The van der Waals surface area contributed by atoms with Crippen LogP contribution in [0.5, 0.6) is 5.75 Å². The number of amides is 1. The Kier molecular flexibility index (Phi) is 5.30. The first-order valence-corrected chi connectivity index (χ1v) is 8.35. The zero-order valence-corrected chi connectivity index (χ0v) is 14.8. The molecule has 3 rings (SSSR count). The maximum Gasteiger partial charge on any atom is 0.241 e. The Morgan fingerprint density at radius 3 is 2.52 bits per heavy atom. The van der Waals surface area contributed by atoms with Crippen molar-refractivity contribution in [3.05, 3.63) is 30.9 Å². The number of aromatic nitrogens is 3. The number of hydrogen-bond donors (Lipinski definition) is 1. The third kappa shape index (κ3) is 3.97. The number of methoxy groups -OCH3 is 1. The third-order valence-corrected chi connectivity index (χ3v) is 4.62. The quantitative estimate of drug-likeness (QED) is 0.867. The summed E-state index contributed by atoms with van der Waals surface area (Å²) in [7, 11) is 3.69. The average Bonchev–Trinajstić information content (AvgIpc) is 3.16. The summed E-state index contributed by atoms with van der Waals surface area (Å²) in [6.45, 7) is 5.68. The van der Waals surface area contributed by atoms with E-state index in [4.69, 9.17) is 4.74 Å². The number of anilines is 1. The van der Waals surface area contributed by atoms with Crippen molar-refractivity contribution in [3.63, 3.8) is 0 Å². The topological polar surface area (TPSA) is 75.5 Å². The molecule has 1 N–H and O–H groups in total. The largest absolute Gasteiger partial charge is 0.495 e. The summed E-state index contributed by atoms with van der Waals surface area (Å²) in [5, 5.41) is 10.6. The summed E-state index contributed by atoms with van der Waals surface area (Å²) in [6.07, 6.45) is 3.22. The van der Waals surface area contributed by atoms with E-state index in [0.717, 1.165) is 31.9 Å². The van der Waals surface area contributed by atoms with Gasteiger partial charge in [0.1, 0.15) is 18.4 Å². The molecular formula is C17H24N6O2. The summed E-state index contributed by atoms with van der Waals surface area (Å²) in [4.78, 5) is 17.2. The Morgan fingerprint density at radius 1 is 1.20 bits per heavy atom. The predicted octanol–water partition coefficient (Wildman–Crippen LogP) is 0.850. The Hall–Kier alpha value is -2.45. The van der Waals surface area contributed by atoms with Gasteiger partial charge in [0.15, 0.2) is 0 Å². The summed E-state index contributed by atoms with van der Waals surface area (Å²) < 4.78 is 7.16. The number of rotatable bonds is 5. The van der Waals surface area contributed by atoms with E-state index in [0.29, 0.717) is 11.4 Å². The molecule has 0 aliphatic carbocycles. The molecule has 1 aliphatic rings. The van der Waals surface area contributed by atoms with Gasteiger partial charge in [-0.05, 0) is 32.2 Å². The standard InChI is InChI=1S/C17H24N6O2/c1-13(22-8-6-21(2)7-9-22)17(24)20-15-10-14(4-5-16(15)25-3)23-11-18-19-12-23/h4-5,10-13H,6-9H2,1-3H3,(H,20,24). The average molecular weight is 344 g/mol. The fourth-order valence-corrected chi connectivity index (χ4v) is 2.90. The van der Waals surface area contributed by atoms with Crippen molar-refractivity contribution in [2.75, 3.05) is 45.7 Å². The van der Waals surface area contributed by atoms with Crippen LogP contribution in [0.25, 0.3) is 5.69 Å². The van der Waals surface area contributed by atoms with Crippen LogP contribution in [0.4, 0.5) is 5.69 Å². The van der Waals surface area contributed by atoms with E-state index in [2.05, 4.69) is 32.4 Å². The van der Waals surface area contributed by atoms with E-state index >= 15 is 0 Å². The van der Waals surface area contributed by atoms with Gasteiger partial charge in [-0.3, -0.25) is 14.3 Å². The molecule has 1 amide bonds. The van der Waals surface area contributed by atoms with E-state index in [1.165, 1.54) is 0 Å². The van der Waals surface area contributed by atoms with E-state index < -0.39 is 0 Å². The number of benzene rings is 1. The summed E-state index contributed by atoms with van der Waals surface area (Å²) in [5.74, 6) is 0.583. The highest BCUT2D eigenvalue weighted by Crippen LogP contribution is 2.27. The number of piperazine rings is 1. The molecule has 1 unspecified atom stereocenters. The van der Waals surface area contributed by atoms with Crippen molar-refractivity contribution >= 4 is 11.6 Å². The first-order valence-electron chi connectivity index (χ1n) is 8.35. The highest BCUT2D eigenvalue weighted by Gasteiger charge is 2.25. The number of likely N-dealkylation sites (N-methyl/N-ethyl adjacent to an activating group) is 1. The predicted molar refractivity (Wildman–Crippen MR) is 95.1 cm³/mol. The van der Waals surface area contributed by atoms with E-state index in [1.54, 1.807) is 24.3 Å². The highest BCUT2D eigenvalue weighted by molar-refractivity contribution is 5.96. The Bertz CT molecular complexity index is 710. The minimum atomic E-state index is -0.197. The van der Waals surface area contributed by atoms with Crippen LogP contribution in [0.2, 0.25) is 0 Å². The zero-order valence-electron chi connectivity index (χ0n) is 14.8. The molecule has 0 radical (unpaired) electrons. The number of nitrogens with one attached hydrogen (secondary N) is 1. The van der Waals surface area contributed by atoms with Gasteiger partial charge >= 0.3 is 0 Å². The van der Waals surface area contributed by atoms with Gasteiger partial charge in [0.2, 0.25) is 5.91 Å². The van der Waals surface area contributed by atoms with Crippen molar-refractivity contribution in [2.45, 2.75) is 13.0 Å². The molecule has 2 heterocycles. The first kappa shape index (κ1) is 17.4. The number of carbonyl (C=O) groups excluding carboxylic acids is 1. The number of hydrogen-bond acceptors (Lipinski definition) is 6. The lowest BCUT2D eigenvalue weighted by Crippen LogP contribution is -2.51. The first-order chi connectivity index (χ1) is 12.1. The van der Waals surface area contributed by atoms with Crippen LogP contribution in [-0.4, -0.2) is 76.8 Å². The van der Waals surface area contributed by atoms with Crippen LogP contribution in [-0.2, 0) is 4.79 Å². The van der Waals surface area contributed by atoms with Crippen molar-refractivity contribution in [1.29, 1.82) is 0 Å². The van der Waals surface area contributed by atoms with Gasteiger partial charge in [-0.1, -0.05) is 0 Å². The summed E-state index contributed by atoms with van der Waals surface area (Å²) >= 11 is 0. The molecule has 1 fully saturated rings. The van der Waals surface area contributed by atoms with Crippen molar-refractivity contribution in [2.24, 2.45) is 0 Å². The van der Waals surface area contributed by atoms with E-state index in [1.807, 2.05) is 25.1 Å². The van der Waals surface area contributed by atoms with Crippen molar-refractivity contribution in [3.8, 4) is 11.4 Å². The summed E-state index contributed by atoms with van der Waals surface area (Å²) in [6, 6.07) is 5.38. The van der Waals surface area contributed by atoms with E-state index in [9.17, 15) is 4.79 Å². The van der Waals surface area contributed by atoms with Gasteiger partial charge in [0.25, 0.3) is 0 Å². The lowest BCUT2D eigenvalue weighted by Gasteiger charge is -2.35. The monoisotopic (exact) mass is 344 g/mol. The Labute approximate surface area is 147 Å². The van der Waals surface area contributed by atoms with Crippen LogP contribution in [0.3, 0.4) is 0 Å². The van der Waals surface area contributed by atoms with Crippen molar-refractivity contribution < 1.29 is 9.53 Å². The lowest BCUT2D eigenvalue weighted by molar-refractivity contribution is -0.121. The lowest BCUT2D eigenvalue weighted by atomic mass is 10.2. The molecule has 0 spiro atoms. The molecular weight excluding hydrogens is 320 g/mol. The SMILES string of the molecule is COc1ccc(-n2cnnc2)cc1NC(=O)C(C)N1CCN(C)CC1. The van der Waals surface area contributed by atoms with Gasteiger partial charge in [0, 0.05) is 26.2 Å². The highest BCUT2D eigenvalue weighted by atomic mass is 16.5. The zero-order chi connectivity index (χ0) is 17.8. The molecule has 0 bridgehead atoms. The summed E-state index contributed by atoms with van der Waals surface area (Å²) in [5.41, 5.74) is 1.49. The number of carbonyl (C=O) groups is 1. The smallest absolute Gasteiger partial charge is 0.241 e. The normalized spacial score (nSPS) is 17.2. The maximum atomic E-state index is 12.7. The second kappa shape index (κ2) is 7.62. The van der Waals surface area contributed by atoms with Gasteiger partial charge in [0.05, 0.1) is 24.5 Å². The van der Waals surface area contributed by atoms with E-state index in [-0.39, 0.29) is 11.9 Å². The van der Waals surface area contributed by atoms with Gasteiger partial charge < -0.3 is 15.0 Å². The fraction of sp³-hybridized carbons (Fsp3) is 0.471. The van der Waals surface area contributed by atoms with Crippen LogP contribution < -0.4 is 10.1 Å². The Balaban J connectivity index is 1.74. The van der Waals surface area contributed by atoms with Gasteiger partial charge in [-0.15, -0.1) is 10.2 Å². The van der Waals surface area contributed by atoms with Crippen LogP contribution in [0, 0.1) is 0 Å². The minimum absolute atomic E-state index is 0.0382. The second-order valence-electron chi connectivity index (χ2n) is 6.26. The molecule has 1 aliphatic heterocycles. The number of nitrogens with zero attached hydrogens (tertiary/aromatic N) is 5. The fourth-order valence-electron chi connectivity index (χ4n) is 2.90. The second-order valence-corrected chi connectivity index (χ2v) is 6.26. The molecule has 0 saturated carbocycles. The molecule has 2 aromatic rings. The molecule has 1 aromatic heterocycles. The van der Waals surface area contributed by atoms with Crippen LogP contribution in [0.1, 0.15) is 6.92 Å². The molecule has 1 aromatic carbocycles. The molecule has 1 saturated heterocycles.